The Morgan fingerprint density at radius 2 is 1.82 bits per heavy atom. The zero-order valence-electron chi connectivity index (χ0n) is 17.0. The smallest absolute Gasteiger partial charge is 0.193 e. The van der Waals surface area contributed by atoms with Crippen LogP contribution in [0.2, 0.25) is 0 Å². The lowest BCUT2D eigenvalue weighted by atomic mass is 10.1. The molecule has 6 nitrogen and oxygen atoms in total. The molecule has 2 aromatic rings. The molecule has 0 amide bonds. The first-order chi connectivity index (χ1) is 12.9. The van der Waals surface area contributed by atoms with Crippen LogP contribution in [0.1, 0.15) is 30.5 Å². The topological polar surface area (TPSA) is 75.8 Å². The monoisotopic (exact) mass is 495 g/mol. The van der Waals surface area contributed by atoms with Gasteiger partial charge in [0.15, 0.2) is 5.96 Å². The Balaban J connectivity index is 0.00000280. The molecule has 0 spiro atoms. The van der Waals surface area contributed by atoms with Gasteiger partial charge in [-0.2, -0.15) is 0 Å². The highest BCUT2D eigenvalue weighted by atomic mass is 127. The number of pyridine rings is 1. The molecule has 28 heavy (non-hydrogen) atoms. The molecule has 0 radical (unpaired) electrons. The Morgan fingerprint density at radius 3 is 2.39 bits per heavy atom. The van der Waals surface area contributed by atoms with E-state index in [1.54, 1.807) is 0 Å². The normalized spacial score (nSPS) is 19.9. The maximum atomic E-state index is 6.03. The predicted octanol–water partition coefficient (Wildman–Crippen LogP) is 3.86. The summed E-state index contributed by atoms with van der Waals surface area (Å²) in [6.07, 6.45) is 2.31. The molecule has 7 heteroatoms. The number of anilines is 2. The van der Waals surface area contributed by atoms with Crippen LogP contribution < -0.4 is 16.0 Å². The van der Waals surface area contributed by atoms with Gasteiger partial charge in [-0.05, 0) is 62.6 Å². The molecule has 2 unspecified atom stereocenters. The highest BCUT2D eigenvalue weighted by Crippen LogP contribution is 2.18. The van der Waals surface area contributed by atoms with Crippen LogP contribution in [0.3, 0.4) is 0 Å². The number of benzene rings is 1. The number of aromatic nitrogens is 1. The molecule has 1 aromatic carbocycles. The number of halogens is 1. The number of nitrogens with two attached hydrogens (primary N) is 1. The Kier molecular flexibility index (Phi) is 8.06. The average molecular weight is 495 g/mol. The number of aryl methyl sites for hydroxylation is 2. The Labute approximate surface area is 184 Å². The van der Waals surface area contributed by atoms with Crippen LogP contribution in [0.5, 0.6) is 0 Å². The summed E-state index contributed by atoms with van der Waals surface area (Å²) in [4.78, 5) is 11.3. The molecule has 1 aliphatic heterocycles. The number of rotatable bonds is 4. The minimum absolute atomic E-state index is 0. The summed E-state index contributed by atoms with van der Waals surface area (Å²) in [6.45, 7) is 10.5. The third-order valence-electron chi connectivity index (χ3n) is 4.48. The van der Waals surface area contributed by atoms with Gasteiger partial charge in [0.05, 0.1) is 18.8 Å². The number of nitrogens with one attached hydrogen (secondary N) is 1. The van der Waals surface area contributed by atoms with Crippen molar-refractivity contribution in [3.63, 3.8) is 0 Å². The molecular formula is C21H30IN5O. The minimum Gasteiger partial charge on any atom is -0.372 e. The standard InChI is InChI=1S/C21H29N5O.HI/c1-14-7-15(2)9-19(8-14)25-21(22)24-11-18-5-6-20(23-10-18)26-12-16(3)27-17(4)13-26;/h5-10,16-17H,11-13H2,1-4H3,(H3,22,24,25);1H. The lowest BCUT2D eigenvalue weighted by Crippen LogP contribution is -2.45. The third kappa shape index (κ3) is 6.34. The second-order valence-electron chi connectivity index (χ2n) is 7.39. The van der Waals surface area contributed by atoms with Gasteiger partial charge in [-0.3, -0.25) is 0 Å². The summed E-state index contributed by atoms with van der Waals surface area (Å²) in [6, 6.07) is 10.3. The van der Waals surface area contributed by atoms with Crippen LogP contribution in [0.25, 0.3) is 0 Å². The SMILES string of the molecule is Cc1cc(C)cc(NC(N)=NCc2ccc(N3CC(C)OC(C)C3)nc2)c1.I. The highest BCUT2D eigenvalue weighted by Gasteiger charge is 2.22. The van der Waals surface area contributed by atoms with Crippen LogP contribution in [0.4, 0.5) is 11.5 Å². The van der Waals surface area contributed by atoms with E-state index in [-0.39, 0.29) is 36.2 Å². The van der Waals surface area contributed by atoms with Crippen LogP contribution in [-0.2, 0) is 11.3 Å². The molecule has 0 aliphatic carbocycles. The first kappa shape index (κ1) is 22.4. The van der Waals surface area contributed by atoms with Crippen LogP contribution in [-0.4, -0.2) is 36.2 Å². The first-order valence-corrected chi connectivity index (χ1v) is 9.39. The van der Waals surface area contributed by atoms with E-state index in [1.807, 2.05) is 12.3 Å². The van der Waals surface area contributed by atoms with Crippen molar-refractivity contribution in [1.29, 1.82) is 0 Å². The fourth-order valence-corrected chi connectivity index (χ4v) is 3.47. The van der Waals surface area contributed by atoms with Crippen molar-refractivity contribution in [2.24, 2.45) is 10.7 Å². The van der Waals surface area contributed by atoms with E-state index in [0.29, 0.717) is 12.5 Å². The zero-order valence-corrected chi connectivity index (χ0v) is 19.3. The maximum absolute atomic E-state index is 6.03. The molecule has 3 N–H and O–H groups in total. The lowest BCUT2D eigenvalue weighted by Gasteiger charge is -2.36. The number of hydrogen-bond donors (Lipinski definition) is 2. The lowest BCUT2D eigenvalue weighted by molar-refractivity contribution is -0.00545. The molecule has 1 saturated heterocycles. The van der Waals surface area contributed by atoms with Crippen molar-refractivity contribution in [2.45, 2.75) is 46.4 Å². The van der Waals surface area contributed by atoms with Crippen LogP contribution in [0, 0.1) is 13.8 Å². The van der Waals surface area contributed by atoms with Gasteiger partial charge >= 0.3 is 0 Å². The molecular weight excluding hydrogens is 465 g/mol. The second kappa shape index (κ2) is 10.1. The summed E-state index contributed by atoms with van der Waals surface area (Å²) in [5, 5.41) is 3.15. The fourth-order valence-electron chi connectivity index (χ4n) is 3.47. The Bertz CT molecular complexity index is 779. The quantitative estimate of drug-likeness (QED) is 0.383. The van der Waals surface area contributed by atoms with E-state index in [9.17, 15) is 0 Å². The Hall–Kier alpha value is -1.87. The van der Waals surface area contributed by atoms with Gasteiger partial charge < -0.3 is 20.7 Å². The van der Waals surface area contributed by atoms with Crippen molar-refractivity contribution in [1.82, 2.24) is 4.98 Å². The molecule has 1 fully saturated rings. The van der Waals surface area contributed by atoms with E-state index >= 15 is 0 Å². The summed E-state index contributed by atoms with van der Waals surface area (Å²) >= 11 is 0. The number of aliphatic imine (C=N–C) groups is 1. The molecule has 0 bridgehead atoms. The van der Waals surface area contributed by atoms with Crippen molar-refractivity contribution in [3.05, 3.63) is 53.2 Å². The number of ether oxygens (including phenoxy) is 1. The van der Waals surface area contributed by atoms with Crippen molar-refractivity contribution >= 4 is 41.4 Å². The van der Waals surface area contributed by atoms with Crippen LogP contribution >= 0.6 is 24.0 Å². The van der Waals surface area contributed by atoms with Gasteiger partial charge in [0.2, 0.25) is 0 Å². The van der Waals surface area contributed by atoms with Gasteiger partial charge in [0.25, 0.3) is 0 Å². The van der Waals surface area contributed by atoms with E-state index in [2.05, 4.69) is 72.2 Å². The molecule has 2 heterocycles. The molecule has 1 aromatic heterocycles. The zero-order chi connectivity index (χ0) is 19.4. The molecule has 0 saturated carbocycles. The van der Waals surface area contributed by atoms with Crippen molar-refractivity contribution < 1.29 is 4.74 Å². The molecule has 1 aliphatic rings. The van der Waals surface area contributed by atoms with Gasteiger partial charge in [-0.1, -0.05) is 12.1 Å². The summed E-state index contributed by atoms with van der Waals surface area (Å²) in [5.74, 6) is 1.38. The molecule has 3 rings (SSSR count). The average Bonchev–Trinajstić information content (AvgIpc) is 2.58. The number of hydrogen-bond acceptors (Lipinski definition) is 4. The summed E-state index contributed by atoms with van der Waals surface area (Å²) in [5.41, 5.74) is 10.4. The van der Waals surface area contributed by atoms with Crippen molar-refractivity contribution in [3.8, 4) is 0 Å². The summed E-state index contributed by atoms with van der Waals surface area (Å²) < 4.78 is 5.78. The second-order valence-corrected chi connectivity index (χ2v) is 7.39. The van der Waals surface area contributed by atoms with Gasteiger partial charge in [-0.25, -0.2) is 9.98 Å². The van der Waals surface area contributed by atoms with E-state index in [1.165, 1.54) is 11.1 Å². The Morgan fingerprint density at radius 1 is 1.18 bits per heavy atom. The van der Waals surface area contributed by atoms with E-state index in [4.69, 9.17) is 10.5 Å². The molecule has 2 atom stereocenters. The number of guanidine groups is 1. The van der Waals surface area contributed by atoms with Crippen LogP contribution in [0.15, 0.2) is 41.5 Å². The van der Waals surface area contributed by atoms with Gasteiger partial charge in [-0.15, -0.1) is 24.0 Å². The van der Waals surface area contributed by atoms with Gasteiger partial charge in [0.1, 0.15) is 5.82 Å². The maximum Gasteiger partial charge on any atom is 0.193 e. The number of nitrogens with zero attached hydrogens (tertiary/aromatic N) is 3. The predicted molar refractivity (Wildman–Crippen MR) is 127 cm³/mol. The first-order valence-electron chi connectivity index (χ1n) is 9.39. The number of morpholine rings is 1. The van der Waals surface area contributed by atoms with E-state index < -0.39 is 0 Å². The van der Waals surface area contributed by atoms with Crippen molar-refractivity contribution in [2.75, 3.05) is 23.3 Å². The highest BCUT2D eigenvalue weighted by molar-refractivity contribution is 14.0. The molecule has 152 valence electrons. The largest absolute Gasteiger partial charge is 0.372 e. The fraction of sp³-hybridized carbons (Fsp3) is 0.429. The minimum atomic E-state index is 0. The third-order valence-corrected chi connectivity index (χ3v) is 4.48. The summed E-state index contributed by atoms with van der Waals surface area (Å²) in [7, 11) is 0. The van der Waals surface area contributed by atoms with Gasteiger partial charge in [0, 0.05) is 25.0 Å². The van der Waals surface area contributed by atoms with E-state index in [0.717, 1.165) is 30.2 Å².